The first-order valence-electron chi connectivity index (χ1n) is 5.49. The molecule has 0 aliphatic heterocycles. The quantitative estimate of drug-likeness (QED) is 0.802. The molecule has 0 aliphatic carbocycles. The van der Waals surface area contributed by atoms with Crippen molar-refractivity contribution in [2.45, 2.75) is 13.5 Å². The van der Waals surface area contributed by atoms with Gasteiger partial charge >= 0.3 is 5.97 Å². The molecule has 19 heavy (non-hydrogen) atoms. The van der Waals surface area contributed by atoms with Gasteiger partial charge in [0.1, 0.15) is 11.6 Å². The maximum Gasteiger partial charge on any atom is 0.372 e. The highest BCUT2D eigenvalue weighted by Gasteiger charge is 2.14. The van der Waals surface area contributed by atoms with E-state index in [1.807, 2.05) is 22.6 Å². The van der Waals surface area contributed by atoms with Crippen LogP contribution in [-0.2, 0) is 6.54 Å². The number of carbonyl (C=O) groups is 1. The Morgan fingerprint density at radius 2 is 2.21 bits per heavy atom. The van der Waals surface area contributed by atoms with E-state index in [1.165, 1.54) is 12.1 Å². The van der Waals surface area contributed by atoms with E-state index >= 15 is 0 Å². The van der Waals surface area contributed by atoms with Crippen LogP contribution in [0.25, 0.3) is 0 Å². The number of carboxylic acids is 1. The second-order valence-corrected chi connectivity index (χ2v) is 5.17. The van der Waals surface area contributed by atoms with Crippen LogP contribution in [0, 0.1) is 16.3 Å². The number of furan rings is 1. The van der Waals surface area contributed by atoms with Crippen molar-refractivity contribution in [3.05, 3.63) is 50.7 Å². The van der Waals surface area contributed by atoms with Crippen LogP contribution in [0.1, 0.15) is 21.9 Å². The summed E-state index contributed by atoms with van der Waals surface area (Å²) >= 11 is 2.02. The van der Waals surface area contributed by atoms with E-state index in [4.69, 9.17) is 9.52 Å². The molecule has 4 nitrogen and oxygen atoms in total. The van der Waals surface area contributed by atoms with Gasteiger partial charge in [-0.05, 0) is 53.8 Å². The second-order valence-electron chi connectivity index (χ2n) is 4.01. The summed E-state index contributed by atoms with van der Waals surface area (Å²) in [5, 5.41) is 12.0. The third kappa shape index (κ3) is 3.25. The number of anilines is 1. The normalized spacial score (nSPS) is 10.5. The van der Waals surface area contributed by atoms with E-state index in [2.05, 4.69) is 5.32 Å². The smallest absolute Gasteiger partial charge is 0.372 e. The van der Waals surface area contributed by atoms with Gasteiger partial charge in [0.2, 0.25) is 5.76 Å². The summed E-state index contributed by atoms with van der Waals surface area (Å²) < 4.78 is 18.9. The SMILES string of the molecule is Cc1cc(CNc2ccc(F)cc2I)oc1C(=O)O. The lowest BCUT2D eigenvalue weighted by atomic mass is 10.2. The molecule has 0 saturated heterocycles. The first-order valence-corrected chi connectivity index (χ1v) is 6.57. The van der Waals surface area contributed by atoms with Gasteiger partial charge < -0.3 is 14.8 Å². The summed E-state index contributed by atoms with van der Waals surface area (Å²) in [5.74, 6) is -0.905. The third-order valence-corrected chi connectivity index (χ3v) is 3.44. The number of aromatic carboxylic acids is 1. The molecule has 6 heteroatoms. The fourth-order valence-corrected chi connectivity index (χ4v) is 2.33. The average molecular weight is 375 g/mol. The lowest BCUT2D eigenvalue weighted by molar-refractivity contribution is 0.0659. The first kappa shape index (κ1) is 13.9. The van der Waals surface area contributed by atoms with Gasteiger partial charge in [0.05, 0.1) is 6.54 Å². The summed E-state index contributed by atoms with van der Waals surface area (Å²) in [6.07, 6.45) is 0. The number of aryl methyl sites for hydroxylation is 1. The number of hydrogen-bond donors (Lipinski definition) is 2. The van der Waals surface area contributed by atoms with E-state index < -0.39 is 5.97 Å². The van der Waals surface area contributed by atoms with E-state index in [0.29, 0.717) is 17.9 Å². The predicted octanol–water partition coefficient (Wildman–Crippen LogP) is 3.64. The molecule has 100 valence electrons. The van der Waals surface area contributed by atoms with Gasteiger partial charge in [-0.3, -0.25) is 0 Å². The van der Waals surface area contributed by atoms with Crippen LogP contribution in [0.15, 0.2) is 28.7 Å². The Morgan fingerprint density at radius 3 is 2.79 bits per heavy atom. The minimum Gasteiger partial charge on any atom is -0.475 e. The summed E-state index contributed by atoms with van der Waals surface area (Å²) in [6, 6.07) is 6.08. The topological polar surface area (TPSA) is 62.5 Å². The Labute approximate surface area is 122 Å². The summed E-state index contributed by atoms with van der Waals surface area (Å²) in [5.41, 5.74) is 1.35. The summed E-state index contributed by atoms with van der Waals surface area (Å²) in [6.45, 7) is 2.02. The number of rotatable bonds is 4. The van der Waals surface area contributed by atoms with Crippen LogP contribution in [0.4, 0.5) is 10.1 Å². The molecule has 2 N–H and O–H groups in total. The highest BCUT2D eigenvalue weighted by Crippen LogP contribution is 2.21. The van der Waals surface area contributed by atoms with Crippen LogP contribution >= 0.6 is 22.6 Å². The average Bonchev–Trinajstić information content (AvgIpc) is 2.69. The molecule has 0 unspecified atom stereocenters. The Hall–Kier alpha value is -1.57. The molecule has 0 bridgehead atoms. The lowest BCUT2D eigenvalue weighted by Crippen LogP contribution is -2.00. The molecule has 0 spiro atoms. The minimum absolute atomic E-state index is 0.0504. The molecule has 1 aromatic heterocycles. The third-order valence-electron chi connectivity index (χ3n) is 2.55. The number of benzene rings is 1. The molecular weight excluding hydrogens is 364 g/mol. The minimum atomic E-state index is -1.08. The van der Waals surface area contributed by atoms with Gasteiger partial charge in [-0.2, -0.15) is 0 Å². The van der Waals surface area contributed by atoms with Crippen LogP contribution < -0.4 is 5.32 Å². The van der Waals surface area contributed by atoms with E-state index in [-0.39, 0.29) is 11.6 Å². The fourth-order valence-electron chi connectivity index (χ4n) is 1.66. The zero-order valence-electron chi connectivity index (χ0n) is 10.0. The highest BCUT2D eigenvalue weighted by atomic mass is 127. The molecular formula is C13H11FINO3. The maximum atomic E-state index is 12.9. The van der Waals surface area contributed by atoms with Crippen molar-refractivity contribution in [3.63, 3.8) is 0 Å². The Morgan fingerprint density at radius 1 is 1.47 bits per heavy atom. The van der Waals surface area contributed by atoms with Crippen molar-refractivity contribution in [2.24, 2.45) is 0 Å². The van der Waals surface area contributed by atoms with Crippen molar-refractivity contribution >= 4 is 34.2 Å². The molecule has 1 aromatic carbocycles. The Kier molecular flexibility index (Phi) is 4.08. The highest BCUT2D eigenvalue weighted by molar-refractivity contribution is 14.1. The van der Waals surface area contributed by atoms with Gasteiger partial charge in [-0.25, -0.2) is 9.18 Å². The maximum absolute atomic E-state index is 12.9. The monoisotopic (exact) mass is 375 g/mol. The standard InChI is InChI=1S/C13H11FINO3/c1-7-4-9(19-12(7)13(17)18)6-16-11-3-2-8(14)5-10(11)15/h2-5,16H,6H2,1H3,(H,17,18). The summed E-state index contributed by atoms with van der Waals surface area (Å²) in [4.78, 5) is 10.8. The second kappa shape index (κ2) is 5.60. The zero-order chi connectivity index (χ0) is 14.0. The van der Waals surface area contributed by atoms with Gasteiger partial charge in [0.25, 0.3) is 0 Å². The van der Waals surface area contributed by atoms with E-state index in [9.17, 15) is 9.18 Å². The van der Waals surface area contributed by atoms with Crippen molar-refractivity contribution in [3.8, 4) is 0 Å². The van der Waals surface area contributed by atoms with Crippen molar-refractivity contribution in [2.75, 3.05) is 5.32 Å². The molecule has 0 atom stereocenters. The molecule has 0 saturated carbocycles. The number of hydrogen-bond acceptors (Lipinski definition) is 3. The Balaban J connectivity index is 2.10. The zero-order valence-corrected chi connectivity index (χ0v) is 12.2. The molecule has 0 radical (unpaired) electrons. The summed E-state index contributed by atoms with van der Waals surface area (Å²) in [7, 11) is 0. The van der Waals surface area contributed by atoms with Gasteiger partial charge in [0.15, 0.2) is 0 Å². The lowest BCUT2D eigenvalue weighted by Gasteiger charge is -2.06. The van der Waals surface area contributed by atoms with Crippen molar-refractivity contribution < 1.29 is 18.7 Å². The van der Waals surface area contributed by atoms with Gasteiger partial charge in [0, 0.05) is 14.8 Å². The first-order chi connectivity index (χ1) is 8.97. The molecule has 0 fully saturated rings. The van der Waals surface area contributed by atoms with Crippen LogP contribution in [0.2, 0.25) is 0 Å². The van der Waals surface area contributed by atoms with E-state index in [0.717, 1.165) is 9.26 Å². The van der Waals surface area contributed by atoms with Crippen molar-refractivity contribution in [1.29, 1.82) is 0 Å². The number of nitrogens with one attached hydrogen (secondary N) is 1. The largest absolute Gasteiger partial charge is 0.475 e. The fraction of sp³-hybridized carbons (Fsp3) is 0.154. The van der Waals surface area contributed by atoms with Crippen molar-refractivity contribution in [1.82, 2.24) is 0 Å². The molecule has 2 aromatic rings. The molecule has 0 amide bonds. The number of carboxylic acid groups (broad SMARTS) is 1. The Bertz CT molecular complexity index is 624. The molecule has 0 aliphatic rings. The van der Waals surface area contributed by atoms with E-state index in [1.54, 1.807) is 19.1 Å². The number of halogens is 2. The van der Waals surface area contributed by atoms with Crippen LogP contribution in [0.5, 0.6) is 0 Å². The van der Waals surface area contributed by atoms with Crippen LogP contribution in [-0.4, -0.2) is 11.1 Å². The van der Waals surface area contributed by atoms with Gasteiger partial charge in [-0.1, -0.05) is 0 Å². The molecule has 1 heterocycles. The van der Waals surface area contributed by atoms with Crippen LogP contribution in [0.3, 0.4) is 0 Å². The van der Waals surface area contributed by atoms with Gasteiger partial charge in [-0.15, -0.1) is 0 Å². The molecule has 2 rings (SSSR count). The predicted molar refractivity (Wildman–Crippen MR) is 76.8 cm³/mol.